The molecule has 0 aliphatic carbocycles. The first kappa shape index (κ1) is 11.4. The molecule has 0 radical (unpaired) electrons. The van der Waals surface area contributed by atoms with Gasteiger partial charge in [0.05, 0.1) is 7.11 Å². The standard InChI is InChI=1S/C14H10N2O3/c1-18-14(17)10-3-2-4-11-12(10)19-13(16-11)9-5-7-15-8-6-9/h2-8H,1H3. The Kier molecular flexibility index (Phi) is 2.72. The summed E-state index contributed by atoms with van der Waals surface area (Å²) in [4.78, 5) is 20.0. The van der Waals surface area contributed by atoms with Crippen molar-refractivity contribution in [3.8, 4) is 11.5 Å². The summed E-state index contributed by atoms with van der Waals surface area (Å²) in [6.45, 7) is 0. The van der Waals surface area contributed by atoms with Crippen molar-refractivity contribution in [3.05, 3.63) is 48.3 Å². The third-order valence-electron chi connectivity index (χ3n) is 2.75. The van der Waals surface area contributed by atoms with Crippen LogP contribution in [0.15, 0.2) is 47.1 Å². The zero-order valence-electron chi connectivity index (χ0n) is 10.2. The summed E-state index contributed by atoms with van der Waals surface area (Å²) in [6.07, 6.45) is 3.32. The van der Waals surface area contributed by atoms with Gasteiger partial charge in [0, 0.05) is 18.0 Å². The lowest BCUT2D eigenvalue weighted by Gasteiger charge is -1.98. The van der Waals surface area contributed by atoms with Crippen molar-refractivity contribution in [1.82, 2.24) is 9.97 Å². The second-order valence-corrected chi connectivity index (χ2v) is 3.90. The van der Waals surface area contributed by atoms with Crippen LogP contribution >= 0.6 is 0 Å². The van der Waals surface area contributed by atoms with Crippen molar-refractivity contribution in [2.45, 2.75) is 0 Å². The molecule has 0 aliphatic heterocycles. The average molecular weight is 254 g/mol. The molecule has 94 valence electrons. The first-order chi connectivity index (χ1) is 9.29. The number of oxazole rings is 1. The molecule has 0 spiro atoms. The van der Waals surface area contributed by atoms with Gasteiger partial charge in [0.25, 0.3) is 0 Å². The van der Waals surface area contributed by atoms with Crippen LogP contribution < -0.4 is 0 Å². The lowest BCUT2D eigenvalue weighted by molar-refractivity contribution is 0.0602. The summed E-state index contributed by atoms with van der Waals surface area (Å²) in [5.74, 6) is 0.0109. The molecule has 5 heteroatoms. The summed E-state index contributed by atoms with van der Waals surface area (Å²) in [6, 6.07) is 8.77. The van der Waals surface area contributed by atoms with Crippen molar-refractivity contribution in [3.63, 3.8) is 0 Å². The highest BCUT2D eigenvalue weighted by molar-refractivity contribution is 6.01. The first-order valence-corrected chi connectivity index (χ1v) is 5.68. The smallest absolute Gasteiger partial charge is 0.341 e. The Balaban J connectivity index is 2.19. The van der Waals surface area contributed by atoms with E-state index in [0.29, 0.717) is 22.6 Å². The number of carbonyl (C=O) groups is 1. The predicted molar refractivity (Wildman–Crippen MR) is 68.6 cm³/mol. The fraction of sp³-hybridized carbons (Fsp3) is 0.0714. The molecule has 0 saturated heterocycles. The number of hydrogen-bond donors (Lipinski definition) is 0. The summed E-state index contributed by atoms with van der Waals surface area (Å²) in [5.41, 5.74) is 2.23. The topological polar surface area (TPSA) is 65.2 Å². The fourth-order valence-corrected chi connectivity index (χ4v) is 1.84. The molecule has 0 fully saturated rings. The molecule has 0 amide bonds. The Labute approximate surface area is 108 Å². The molecule has 0 unspecified atom stereocenters. The van der Waals surface area contributed by atoms with Crippen LogP contribution in [-0.4, -0.2) is 23.0 Å². The second kappa shape index (κ2) is 4.53. The number of hydrogen-bond acceptors (Lipinski definition) is 5. The van der Waals surface area contributed by atoms with Gasteiger partial charge >= 0.3 is 5.97 Å². The molecule has 2 heterocycles. The van der Waals surface area contributed by atoms with Gasteiger partial charge in [0.15, 0.2) is 5.58 Å². The molecule has 0 N–H and O–H groups in total. The van der Waals surface area contributed by atoms with Gasteiger partial charge in [0.1, 0.15) is 11.1 Å². The first-order valence-electron chi connectivity index (χ1n) is 5.68. The Morgan fingerprint density at radius 1 is 1.21 bits per heavy atom. The number of esters is 1. The Bertz CT molecular complexity index is 735. The highest BCUT2D eigenvalue weighted by Gasteiger charge is 2.16. The highest BCUT2D eigenvalue weighted by atomic mass is 16.5. The van der Waals surface area contributed by atoms with Crippen molar-refractivity contribution in [1.29, 1.82) is 0 Å². The van der Waals surface area contributed by atoms with Crippen LogP contribution in [0.25, 0.3) is 22.6 Å². The molecule has 0 bridgehead atoms. The number of nitrogens with zero attached hydrogens (tertiary/aromatic N) is 2. The number of methoxy groups -OCH3 is 1. The van der Waals surface area contributed by atoms with E-state index in [-0.39, 0.29) is 0 Å². The largest absolute Gasteiger partial charge is 0.465 e. The van der Waals surface area contributed by atoms with Crippen LogP contribution in [0.1, 0.15) is 10.4 Å². The van der Waals surface area contributed by atoms with E-state index < -0.39 is 5.97 Å². The van der Waals surface area contributed by atoms with E-state index in [1.54, 1.807) is 42.7 Å². The van der Waals surface area contributed by atoms with Gasteiger partial charge in [-0.05, 0) is 24.3 Å². The van der Waals surface area contributed by atoms with Crippen molar-refractivity contribution < 1.29 is 13.9 Å². The van der Waals surface area contributed by atoms with Crippen molar-refractivity contribution >= 4 is 17.1 Å². The van der Waals surface area contributed by atoms with Gasteiger partial charge in [-0.15, -0.1) is 0 Å². The van der Waals surface area contributed by atoms with Gasteiger partial charge in [-0.2, -0.15) is 0 Å². The third kappa shape index (κ3) is 1.95. The van der Waals surface area contributed by atoms with E-state index in [1.165, 1.54) is 7.11 Å². The molecule has 19 heavy (non-hydrogen) atoms. The molecule has 0 atom stereocenters. The number of rotatable bonds is 2. The summed E-state index contributed by atoms with van der Waals surface area (Å²) in [5, 5.41) is 0. The monoisotopic (exact) mass is 254 g/mol. The third-order valence-corrected chi connectivity index (χ3v) is 2.75. The normalized spacial score (nSPS) is 10.6. The Morgan fingerprint density at radius 2 is 2.00 bits per heavy atom. The molecule has 2 aromatic heterocycles. The minimum absolute atomic E-state index is 0.368. The minimum Gasteiger partial charge on any atom is -0.465 e. The zero-order valence-corrected chi connectivity index (χ0v) is 10.2. The number of aromatic nitrogens is 2. The van der Waals surface area contributed by atoms with E-state index in [0.717, 1.165) is 5.56 Å². The van der Waals surface area contributed by atoms with Crippen LogP contribution in [0.5, 0.6) is 0 Å². The highest BCUT2D eigenvalue weighted by Crippen LogP contribution is 2.26. The van der Waals surface area contributed by atoms with Gasteiger partial charge < -0.3 is 9.15 Å². The SMILES string of the molecule is COC(=O)c1cccc2nc(-c3ccncc3)oc12. The second-order valence-electron chi connectivity index (χ2n) is 3.90. The van der Waals surface area contributed by atoms with Crippen LogP contribution in [0.4, 0.5) is 0 Å². The van der Waals surface area contributed by atoms with Crippen LogP contribution in [-0.2, 0) is 4.74 Å². The summed E-state index contributed by atoms with van der Waals surface area (Å²) in [7, 11) is 1.33. The van der Waals surface area contributed by atoms with Gasteiger partial charge in [-0.25, -0.2) is 9.78 Å². The molecule has 3 aromatic rings. The summed E-state index contributed by atoms with van der Waals surface area (Å²) >= 11 is 0. The number of carbonyl (C=O) groups excluding carboxylic acids is 1. The van der Waals surface area contributed by atoms with Crippen molar-refractivity contribution in [2.75, 3.05) is 7.11 Å². The molecule has 3 rings (SSSR count). The van der Waals surface area contributed by atoms with E-state index in [1.807, 2.05) is 0 Å². The Hall–Kier alpha value is -2.69. The maximum atomic E-state index is 11.7. The van der Waals surface area contributed by atoms with Gasteiger partial charge in [-0.1, -0.05) is 6.07 Å². The predicted octanol–water partition coefficient (Wildman–Crippen LogP) is 2.68. The van der Waals surface area contributed by atoms with Crippen LogP contribution in [0.3, 0.4) is 0 Å². The number of fused-ring (bicyclic) bond motifs is 1. The van der Waals surface area contributed by atoms with E-state index in [2.05, 4.69) is 9.97 Å². The van der Waals surface area contributed by atoms with Gasteiger partial charge in [0.2, 0.25) is 5.89 Å². The maximum absolute atomic E-state index is 11.7. The zero-order chi connectivity index (χ0) is 13.2. The number of ether oxygens (including phenoxy) is 1. The lowest BCUT2D eigenvalue weighted by Crippen LogP contribution is -2.00. The molecular weight excluding hydrogens is 244 g/mol. The molecular formula is C14H10N2O3. The van der Waals surface area contributed by atoms with E-state index in [9.17, 15) is 4.79 Å². The van der Waals surface area contributed by atoms with Gasteiger partial charge in [-0.3, -0.25) is 4.98 Å². The van der Waals surface area contributed by atoms with Crippen LogP contribution in [0, 0.1) is 0 Å². The Morgan fingerprint density at radius 3 is 2.74 bits per heavy atom. The average Bonchev–Trinajstić information content (AvgIpc) is 2.91. The number of benzene rings is 1. The summed E-state index contributed by atoms with van der Waals surface area (Å²) < 4.78 is 10.4. The molecule has 5 nitrogen and oxygen atoms in total. The number of pyridine rings is 1. The molecule has 1 aromatic carbocycles. The van der Waals surface area contributed by atoms with Crippen molar-refractivity contribution in [2.24, 2.45) is 0 Å². The molecule has 0 aliphatic rings. The number of para-hydroxylation sites is 1. The molecule has 0 saturated carbocycles. The van der Waals surface area contributed by atoms with E-state index >= 15 is 0 Å². The van der Waals surface area contributed by atoms with E-state index in [4.69, 9.17) is 9.15 Å². The minimum atomic E-state index is -0.442. The maximum Gasteiger partial charge on any atom is 0.341 e. The lowest BCUT2D eigenvalue weighted by atomic mass is 10.2. The van der Waals surface area contributed by atoms with Crippen LogP contribution in [0.2, 0.25) is 0 Å². The quantitative estimate of drug-likeness (QED) is 0.658. The fourth-order valence-electron chi connectivity index (χ4n) is 1.84.